The third-order valence-corrected chi connectivity index (χ3v) is 5.05. The van der Waals surface area contributed by atoms with Crippen molar-refractivity contribution in [2.75, 3.05) is 6.61 Å². The maximum absolute atomic E-state index is 14.8. The summed E-state index contributed by atoms with van der Waals surface area (Å²) in [6.45, 7) is 4.76. The van der Waals surface area contributed by atoms with Gasteiger partial charge < -0.3 is 4.74 Å². The lowest BCUT2D eigenvalue weighted by Gasteiger charge is -2.12. The summed E-state index contributed by atoms with van der Waals surface area (Å²) in [7, 11) is 0. The molecule has 0 unspecified atom stereocenters. The van der Waals surface area contributed by atoms with Crippen LogP contribution in [-0.4, -0.2) is 6.61 Å². The molecule has 27 heavy (non-hydrogen) atoms. The van der Waals surface area contributed by atoms with Gasteiger partial charge in [-0.3, -0.25) is 0 Å². The highest BCUT2D eigenvalue weighted by Crippen LogP contribution is 2.35. The van der Waals surface area contributed by atoms with Crippen molar-refractivity contribution in [2.45, 2.75) is 33.1 Å². The fourth-order valence-electron chi connectivity index (χ4n) is 2.97. The summed E-state index contributed by atoms with van der Waals surface area (Å²) in [5, 5.41) is 0.0443. The second-order valence-electron chi connectivity index (χ2n) is 6.57. The van der Waals surface area contributed by atoms with Crippen molar-refractivity contribution in [1.29, 1.82) is 0 Å². The van der Waals surface area contributed by atoms with E-state index >= 15 is 0 Å². The van der Waals surface area contributed by atoms with Crippen molar-refractivity contribution in [3.05, 3.63) is 77.1 Å². The monoisotopic (exact) mass is 382 g/mol. The van der Waals surface area contributed by atoms with Gasteiger partial charge in [0.25, 0.3) is 0 Å². The van der Waals surface area contributed by atoms with Gasteiger partial charge in [0, 0.05) is 5.56 Å². The minimum Gasteiger partial charge on any atom is -0.492 e. The first-order valence-electron chi connectivity index (χ1n) is 9.44. The third-order valence-electron chi connectivity index (χ3n) is 4.69. The van der Waals surface area contributed by atoms with Gasteiger partial charge in [-0.1, -0.05) is 80.4 Å². The van der Waals surface area contributed by atoms with Crippen LogP contribution in [0.1, 0.15) is 32.3 Å². The molecule has 0 saturated carbocycles. The molecular weight excluding hydrogens is 359 g/mol. The van der Waals surface area contributed by atoms with Gasteiger partial charge in [-0.2, -0.15) is 0 Å². The molecule has 3 heteroatoms. The normalized spacial score (nSPS) is 10.8. The van der Waals surface area contributed by atoms with Gasteiger partial charge in [0.15, 0.2) is 5.82 Å². The van der Waals surface area contributed by atoms with E-state index in [2.05, 4.69) is 38.1 Å². The molecule has 1 nitrogen and oxygen atoms in total. The average molecular weight is 383 g/mol. The van der Waals surface area contributed by atoms with Crippen molar-refractivity contribution in [1.82, 2.24) is 0 Å². The van der Waals surface area contributed by atoms with Crippen molar-refractivity contribution < 1.29 is 9.13 Å². The van der Waals surface area contributed by atoms with E-state index in [9.17, 15) is 4.39 Å². The molecule has 0 bridgehead atoms. The van der Waals surface area contributed by atoms with Crippen LogP contribution >= 0.6 is 11.6 Å². The summed E-state index contributed by atoms with van der Waals surface area (Å²) < 4.78 is 20.3. The maximum Gasteiger partial charge on any atom is 0.153 e. The van der Waals surface area contributed by atoms with E-state index in [-0.39, 0.29) is 5.02 Å². The van der Waals surface area contributed by atoms with Crippen LogP contribution < -0.4 is 4.74 Å². The van der Waals surface area contributed by atoms with E-state index in [0.717, 1.165) is 36.0 Å². The van der Waals surface area contributed by atoms with Crippen LogP contribution in [0, 0.1) is 5.82 Å². The van der Waals surface area contributed by atoms with Crippen molar-refractivity contribution in [3.8, 4) is 28.0 Å². The quantitative estimate of drug-likeness (QED) is 0.383. The minimum absolute atomic E-state index is 0.0443. The zero-order chi connectivity index (χ0) is 19.2. The van der Waals surface area contributed by atoms with Crippen LogP contribution in [0.3, 0.4) is 0 Å². The maximum atomic E-state index is 14.8. The molecule has 0 saturated heterocycles. The molecule has 0 heterocycles. The zero-order valence-electron chi connectivity index (χ0n) is 15.8. The van der Waals surface area contributed by atoms with E-state index in [1.807, 2.05) is 24.3 Å². The van der Waals surface area contributed by atoms with Crippen molar-refractivity contribution in [2.24, 2.45) is 0 Å². The summed E-state index contributed by atoms with van der Waals surface area (Å²) in [5.41, 5.74) is 4.84. The fourth-order valence-corrected chi connectivity index (χ4v) is 3.19. The Morgan fingerprint density at radius 3 is 2.00 bits per heavy atom. The van der Waals surface area contributed by atoms with Crippen LogP contribution in [0.5, 0.6) is 5.75 Å². The number of benzene rings is 3. The fraction of sp³-hybridized carbons (Fsp3) is 0.250. The minimum atomic E-state index is -0.439. The summed E-state index contributed by atoms with van der Waals surface area (Å²) in [6.07, 6.45) is 2.96. The molecule has 0 radical (unpaired) electrons. The molecule has 3 rings (SSSR count). The second kappa shape index (κ2) is 9.05. The van der Waals surface area contributed by atoms with Crippen molar-refractivity contribution in [3.63, 3.8) is 0 Å². The van der Waals surface area contributed by atoms with E-state index in [1.54, 1.807) is 12.1 Å². The summed E-state index contributed by atoms with van der Waals surface area (Å²) in [6, 6.07) is 19.9. The Labute approximate surface area is 165 Å². The van der Waals surface area contributed by atoms with E-state index in [4.69, 9.17) is 16.3 Å². The molecule has 0 aromatic heterocycles. The standard InChI is InChI=1S/C24H24ClFO/c1-3-5-16-27-22-15-14-21(24(26)23(22)25)20-12-10-19(11-13-20)18-8-6-17(4-2)7-9-18/h6-15H,3-5,16H2,1-2H3. The number of hydrogen-bond acceptors (Lipinski definition) is 1. The first kappa shape index (κ1) is 19.4. The van der Waals surface area contributed by atoms with Gasteiger partial charge in [-0.05, 0) is 47.2 Å². The number of halogens is 2. The molecular formula is C24H24ClFO. The van der Waals surface area contributed by atoms with Gasteiger partial charge in [-0.15, -0.1) is 0 Å². The molecule has 0 atom stereocenters. The molecule has 0 aliphatic heterocycles. The number of hydrogen-bond donors (Lipinski definition) is 0. The highest BCUT2D eigenvalue weighted by atomic mass is 35.5. The highest BCUT2D eigenvalue weighted by molar-refractivity contribution is 6.32. The largest absolute Gasteiger partial charge is 0.492 e. The lowest BCUT2D eigenvalue weighted by molar-refractivity contribution is 0.308. The Hall–Kier alpha value is -2.32. The van der Waals surface area contributed by atoms with Crippen LogP contribution in [-0.2, 0) is 6.42 Å². The van der Waals surface area contributed by atoms with Gasteiger partial charge in [0.05, 0.1) is 6.61 Å². The smallest absolute Gasteiger partial charge is 0.153 e. The summed E-state index contributed by atoms with van der Waals surface area (Å²) in [5.74, 6) is -0.0373. The Morgan fingerprint density at radius 2 is 1.41 bits per heavy atom. The van der Waals surface area contributed by atoms with E-state index in [0.29, 0.717) is 17.9 Å². The number of rotatable bonds is 7. The SMILES string of the molecule is CCCCOc1ccc(-c2ccc(-c3ccc(CC)cc3)cc2)c(F)c1Cl. The first-order valence-corrected chi connectivity index (χ1v) is 9.82. The molecule has 0 N–H and O–H groups in total. The molecule has 0 aliphatic carbocycles. The number of unbranched alkanes of at least 4 members (excludes halogenated alkanes) is 1. The van der Waals surface area contributed by atoms with E-state index < -0.39 is 5.82 Å². The van der Waals surface area contributed by atoms with Crippen LogP contribution in [0.2, 0.25) is 5.02 Å². The van der Waals surface area contributed by atoms with Gasteiger partial charge in [-0.25, -0.2) is 4.39 Å². The molecule has 0 fully saturated rings. The molecule has 3 aromatic rings. The van der Waals surface area contributed by atoms with Gasteiger partial charge >= 0.3 is 0 Å². The Kier molecular flexibility index (Phi) is 6.52. The molecule has 0 amide bonds. The Balaban J connectivity index is 1.83. The zero-order valence-corrected chi connectivity index (χ0v) is 16.5. The Bertz CT molecular complexity index is 886. The van der Waals surface area contributed by atoms with Crippen LogP contribution in [0.25, 0.3) is 22.3 Å². The molecule has 0 spiro atoms. The summed E-state index contributed by atoms with van der Waals surface area (Å²) >= 11 is 6.18. The lowest BCUT2D eigenvalue weighted by atomic mass is 9.99. The second-order valence-corrected chi connectivity index (χ2v) is 6.95. The van der Waals surface area contributed by atoms with E-state index in [1.165, 1.54) is 5.56 Å². The van der Waals surface area contributed by atoms with Crippen molar-refractivity contribution >= 4 is 11.6 Å². The first-order chi connectivity index (χ1) is 13.1. The number of ether oxygens (including phenoxy) is 1. The summed E-state index contributed by atoms with van der Waals surface area (Å²) in [4.78, 5) is 0. The average Bonchev–Trinajstić information content (AvgIpc) is 2.72. The molecule has 3 aromatic carbocycles. The molecule has 140 valence electrons. The van der Waals surface area contributed by atoms with Crippen LogP contribution in [0.15, 0.2) is 60.7 Å². The third kappa shape index (κ3) is 4.51. The van der Waals surface area contributed by atoms with Crippen LogP contribution in [0.4, 0.5) is 4.39 Å². The highest BCUT2D eigenvalue weighted by Gasteiger charge is 2.14. The van der Waals surface area contributed by atoms with Gasteiger partial charge in [0.1, 0.15) is 10.8 Å². The Morgan fingerprint density at radius 1 is 0.815 bits per heavy atom. The topological polar surface area (TPSA) is 9.23 Å². The number of aryl methyl sites for hydroxylation is 1. The predicted octanol–water partition coefficient (Wildman–Crippen LogP) is 7.55. The predicted molar refractivity (Wildman–Crippen MR) is 112 cm³/mol. The lowest BCUT2D eigenvalue weighted by Crippen LogP contribution is -1.98. The van der Waals surface area contributed by atoms with Gasteiger partial charge in [0.2, 0.25) is 0 Å². The molecule has 0 aliphatic rings.